The van der Waals surface area contributed by atoms with Crippen LogP contribution in [0, 0.1) is 11.3 Å². The van der Waals surface area contributed by atoms with Crippen LogP contribution in [-0.2, 0) is 16.1 Å². The molecule has 0 aliphatic heterocycles. The Morgan fingerprint density at radius 1 is 1.32 bits per heavy atom. The van der Waals surface area contributed by atoms with Crippen LogP contribution in [0.2, 0.25) is 0 Å². The van der Waals surface area contributed by atoms with Gasteiger partial charge in [0.25, 0.3) is 5.91 Å². The third-order valence-corrected chi connectivity index (χ3v) is 3.44. The molecule has 1 N–H and O–H groups in total. The maximum atomic E-state index is 12.3. The van der Waals surface area contributed by atoms with E-state index < -0.39 is 6.10 Å². The van der Waals surface area contributed by atoms with Crippen molar-refractivity contribution in [3.63, 3.8) is 0 Å². The number of nitrogens with zero attached hydrogens (tertiary/aromatic N) is 2. The first-order chi connectivity index (χ1) is 12.0. The van der Waals surface area contributed by atoms with Crippen molar-refractivity contribution >= 4 is 11.8 Å². The number of benzene rings is 1. The van der Waals surface area contributed by atoms with E-state index in [1.165, 1.54) is 18.2 Å². The zero-order chi connectivity index (χ0) is 18.2. The van der Waals surface area contributed by atoms with Crippen molar-refractivity contribution in [1.29, 1.82) is 5.26 Å². The van der Waals surface area contributed by atoms with E-state index in [1.54, 1.807) is 43.3 Å². The Bertz CT molecular complexity index is 748. The molecule has 0 saturated carbocycles. The van der Waals surface area contributed by atoms with Crippen molar-refractivity contribution < 1.29 is 18.7 Å². The first-order valence-electron chi connectivity index (χ1n) is 7.70. The summed E-state index contributed by atoms with van der Waals surface area (Å²) in [7, 11) is 1.54. The van der Waals surface area contributed by atoms with Crippen LogP contribution in [-0.4, -0.2) is 36.4 Å². The maximum Gasteiger partial charge on any atom is 0.263 e. The Balaban J connectivity index is 1.81. The molecule has 25 heavy (non-hydrogen) atoms. The molecule has 1 heterocycles. The molecule has 0 fully saturated rings. The standard InChI is InChI=1S/C18H19N3O4/c1-13(25-15-7-5-14(10-19)6-8-15)18(23)21(2)12-17(22)20-11-16-4-3-9-24-16/h3-9,13H,11-12H2,1-2H3,(H,20,22). The maximum absolute atomic E-state index is 12.3. The highest BCUT2D eigenvalue weighted by Gasteiger charge is 2.21. The third-order valence-electron chi connectivity index (χ3n) is 3.44. The normalized spacial score (nSPS) is 11.2. The summed E-state index contributed by atoms with van der Waals surface area (Å²) >= 11 is 0. The van der Waals surface area contributed by atoms with Crippen LogP contribution in [0.1, 0.15) is 18.2 Å². The summed E-state index contributed by atoms with van der Waals surface area (Å²) in [6.45, 7) is 1.80. The molecule has 7 heteroatoms. The van der Waals surface area contributed by atoms with Gasteiger partial charge >= 0.3 is 0 Å². The van der Waals surface area contributed by atoms with E-state index in [9.17, 15) is 9.59 Å². The number of likely N-dealkylation sites (N-methyl/N-ethyl adjacent to an activating group) is 1. The molecule has 0 spiro atoms. The first-order valence-corrected chi connectivity index (χ1v) is 7.70. The van der Waals surface area contributed by atoms with Crippen LogP contribution in [0.5, 0.6) is 5.75 Å². The lowest BCUT2D eigenvalue weighted by atomic mass is 10.2. The minimum Gasteiger partial charge on any atom is -0.481 e. The van der Waals surface area contributed by atoms with Gasteiger partial charge in [-0.25, -0.2) is 0 Å². The highest BCUT2D eigenvalue weighted by atomic mass is 16.5. The lowest BCUT2D eigenvalue weighted by Crippen LogP contribution is -2.43. The number of carbonyl (C=O) groups excluding carboxylic acids is 2. The molecule has 2 amide bonds. The summed E-state index contributed by atoms with van der Waals surface area (Å²) in [4.78, 5) is 25.5. The molecular weight excluding hydrogens is 322 g/mol. The van der Waals surface area contributed by atoms with Crippen LogP contribution >= 0.6 is 0 Å². The molecule has 1 aromatic heterocycles. The Kier molecular flexibility index (Phi) is 6.18. The highest BCUT2D eigenvalue weighted by Crippen LogP contribution is 2.14. The van der Waals surface area contributed by atoms with Gasteiger partial charge in [-0.2, -0.15) is 5.26 Å². The summed E-state index contributed by atoms with van der Waals surface area (Å²) < 4.78 is 10.7. The Morgan fingerprint density at radius 3 is 2.64 bits per heavy atom. The summed E-state index contributed by atoms with van der Waals surface area (Å²) in [5.41, 5.74) is 0.511. The largest absolute Gasteiger partial charge is 0.481 e. The van der Waals surface area contributed by atoms with Gasteiger partial charge in [-0.05, 0) is 43.3 Å². The average Bonchev–Trinajstić information content (AvgIpc) is 3.13. The van der Waals surface area contributed by atoms with E-state index >= 15 is 0 Å². The van der Waals surface area contributed by atoms with Gasteiger partial charge in [0.05, 0.1) is 31.0 Å². The Morgan fingerprint density at radius 2 is 2.04 bits per heavy atom. The SMILES string of the molecule is CC(Oc1ccc(C#N)cc1)C(=O)N(C)CC(=O)NCc1ccco1. The molecule has 0 aliphatic rings. The minimum atomic E-state index is -0.754. The topological polar surface area (TPSA) is 95.6 Å². The van der Waals surface area contributed by atoms with Gasteiger partial charge < -0.3 is 19.4 Å². The summed E-state index contributed by atoms with van der Waals surface area (Å²) in [6.07, 6.45) is 0.773. The fourth-order valence-corrected chi connectivity index (χ4v) is 2.12. The number of carbonyl (C=O) groups is 2. The fourth-order valence-electron chi connectivity index (χ4n) is 2.12. The molecule has 2 aromatic rings. The minimum absolute atomic E-state index is 0.0827. The van der Waals surface area contributed by atoms with Crippen LogP contribution in [0.15, 0.2) is 47.1 Å². The van der Waals surface area contributed by atoms with Crippen molar-refractivity contribution in [2.75, 3.05) is 13.6 Å². The quantitative estimate of drug-likeness (QED) is 0.827. The molecule has 130 valence electrons. The summed E-state index contributed by atoms with van der Waals surface area (Å²) in [6, 6.07) is 12.0. The van der Waals surface area contributed by atoms with E-state index in [0.717, 1.165) is 0 Å². The monoisotopic (exact) mass is 341 g/mol. The lowest BCUT2D eigenvalue weighted by molar-refractivity contribution is -0.140. The molecule has 1 aromatic carbocycles. The van der Waals surface area contributed by atoms with Crippen molar-refractivity contribution in [2.24, 2.45) is 0 Å². The smallest absolute Gasteiger partial charge is 0.263 e. The molecule has 7 nitrogen and oxygen atoms in total. The van der Waals surface area contributed by atoms with Gasteiger partial charge in [0.2, 0.25) is 5.91 Å². The second-order valence-corrected chi connectivity index (χ2v) is 5.45. The number of furan rings is 1. The van der Waals surface area contributed by atoms with Crippen LogP contribution < -0.4 is 10.1 Å². The van der Waals surface area contributed by atoms with Gasteiger partial charge in [-0.3, -0.25) is 9.59 Å². The molecular formula is C18H19N3O4. The number of nitrogens with one attached hydrogen (secondary N) is 1. The molecule has 0 saturated heterocycles. The zero-order valence-electron chi connectivity index (χ0n) is 14.1. The summed E-state index contributed by atoms with van der Waals surface area (Å²) in [5, 5.41) is 11.4. The Labute approximate surface area is 145 Å². The Hall–Kier alpha value is -3.27. The number of ether oxygens (including phenoxy) is 1. The predicted molar refractivity (Wildman–Crippen MR) is 89.4 cm³/mol. The van der Waals surface area contributed by atoms with Crippen LogP contribution in [0.4, 0.5) is 0 Å². The lowest BCUT2D eigenvalue weighted by Gasteiger charge is -2.21. The van der Waals surface area contributed by atoms with E-state index in [1.807, 2.05) is 6.07 Å². The molecule has 0 bridgehead atoms. The number of hydrogen-bond donors (Lipinski definition) is 1. The first kappa shape index (κ1) is 18.1. The van der Waals surface area contributed by atoms with Gasteiger partial charge in [0.15, 0.2) is 6.10 Å². The predicted octanol–water partition coefficient (Wildman–Crippen LogP) is 1.69. The van der Waals surface area contributed by atoms with Gasteiger partial charge in [0, 0.05) is 7.05 Å². The third kappa shape index (κ3) is 5.39. The number of rotatable bonds is 7. The fraction of sp³-hybridized carbons (Fsp3) is 0.278. The molecule has 0 aliphatic carbocycles. The van der Waals surface area contributed by atoms with E-state index in [-0.39, 0.29) is 24.9 Å². The molecule has 1 unspecified atom stereocenters. The summed E-state index contributed by atoms with van der Waals surface area (Å²) in [5.74, 6) is 0.505. The van der Waals surface area contributed by atoms with Gasteiger partial charge in [-0.1, -0.05) is 0 Å². The second kappa shape index (κ2) is 8.55. The van der Waals surface area contributed by atoms with Crippen LogP contribution in [0.3, 0.4) is 0 Å². The van der Waals surface area contributed by atoms with E-state index in [4.69, 9.17) is 14.4 Å². The number of nitriles is 1. The number of amides is 2. The van der Waals surface area contributed by atoms with Crippen molar-refractivity contribution in [3.05, 3.63) is 54.0 Å². The second-order valence-electron chi connectivity index (χ2n) is 5.45. The number of hydrogen-bond acceptors (Lipinski definition) is 5. The van der Waals surface area contributed by atoms with Crippen molar-refractivity contribution in [3.8, 4) is 11.8 Å². The van der Waals surface area contributed by atoms with Gasteiger partial charge in [-0.15, -0.1) is 0 Å². The molecule has 0 radical (unpaired) electrons. The van der Waals surface area contributed by atoms with Crippen LogP contribution in [0.25, 0.3) is 0 Å². The van der Waals surface area contributed by atoms with Gasteiger partial charge in [0.1, 0.15) is 11.5 Å². The van der Waals surface area contributed by atoms with E-state index in [0.29, 0.717) is 17.1 Å². The van der Waals surface area contributed by atoms with E-state index in [2.05, 4.69) is 5.32 Å². The van der Waals surface area contributed by atoms with Crippen molar-refractivity contribution in [2.45, 2.75) is 19.6 Å². The molecule has 1 atom stereocenters. The highest BCUT2D eigenvalue weighted by molar-refractivity contribution is 5.86. The average molecular weight is 341 g/mol. The van der Waals surface area contributed by atoms with Crippen molar-refractivity contribution in [1.82, 2.24) is 10.2 Å². The zero-order valence-corrected chi connectivity index (χ0v) is 14.1. The molecule has 2 rings (SSSR count).